The van der Waals surface area contributed by atoms with E-state index in [2.05, 4.69) is 20.4 Å². The van der Waals surface area contributed by atoms with Gasteiger partial charge >= 0.3 is 5.97 Å². The van der Waals surface area contributed by atoms with Crippen molar-refractivity contribution in [3.05, 3.63) is 90.5 Å². The summed E-state index contributed by atoms with van der Waals surface area (Å²) in [7, 11) is 0. The lowest BCUT2D eigenvalue weighted by Crippen LogP contribution is -2.05. The third-order valence-electron chi connectivity index (χ3n) is 4.72. The second kappa shape index (κ2) is 8.23. The Morgan fingerprint density at radius 1 is 1.06 bits per heavy atom. The lowest BCUT2D eigenvalue weighted by atomic mass is 10.2. The number of nitrogens with one attached hydrogen (secondary N) is 1. The number of carbonyl (C=O) groups is 1. The van der Waals surface area contributed by atoms with E-state index >= 15 is 0 Å². The quantitative estimate of drug-likeness (QED) is 0.390. The normalized spacial score (nSPS) is 10.9. The Hall–Kier alpha value is -4.66. The van der Waals surface area contributed by atoms with Gasteiger partial charge in [0.05, 0.1) is 5.69 Å². The molecule has 9 heteroatoms. The number of pyridine rings is 1. The van der Waals surface area contributed by atoms with Gasteiger partial charge in [0.25, 0.3) is 6.01 Å². The first-order valence-electron chi connectivity index (χ1n) is 9.75. The van der Waals surface area contributed by atoms with Crippen LogP contribution >= 0.6 is 0 Å². The van der Waals surface area contributed by atoms with E-state index in [9.17, 15) is 4.79 Å². The van der Waals surface area contributed by atoms with Gasteiger partial charge in [-0.3, -0.25) is 0 Å². The number of aromatic carboxylic acids is 1. The van der Waals surface area contributed by atoms with Crippen LogP contribution in [0.4, 0.5) is 6.01 Å². The van der Waals surface area contributed by atoms with Crippen LogP contribution < -0.4 is 10.1 Å². The molecule has 158 valence electrons. The number of carboxylic acids is 1. The summed E-state index contributed by atoms with van der Waals surface area (Å²) in [6, 6.07) is 18.3. The highest BCUT2D eigenvalue weighted by atomic mass is 16.5. The smallest absolute Gasteiger partial charge is 0.354 e. The number of anilines is 1. The molecule has 0 aliphatic heterocycles. The zero-order chi connectivity index (χ0) is 21.9. The molecule has 0 aliphatic rings. The van der Waals surface area contributed by atoms with Crippen LogP contribution in [-0.2, 0) is 6.54 Å². The van der Waals surface area contributed by atoms with E-state index in [0.29, 0.717) is 35.2 Å². The third-order valence-corrected chi connectivity index (χ3v) is 4.72. The van der Waals surface area contributed by atoms with Crippen molar-refractivity contribution < 1.29 is 19.1 Å². The van der Waals surface area contributed by atoms with Crippen LogP contribution in [0.1, 0.15) is 16.1 Å². The predicted molar refractivity (Wildman–Crippen MR) is 116 cm³/mol. The molecule has 2 N–H and O–H groups in total. The summed E-state index contributed by atoms with van der Waals surface area (Å²) in [5, 5.41) is 16.6. The minimum atomic E-state index is -1.12. The highest BCUT2D eigenvalue weighted by Gasteiger charge is 2.11. The van der Waals surface area contributed by atoms with Gasteiger partial charge in [0.2, 0.25) is 0 Å². The number of carboxylic acid groups (broad SMARTS) is 1. The number of hydrogen-bond donors (Lipinski definition) is 2. The maximum Gasteiger partial charge on any atom is 0.354 e. The maximum atomic E-state index is 11.1. The fourth-order valence-electron chi connectivity index (χ4n) is 3.24. The minimum absolute atomic E-state index is 0.0925. The van der Waals surface area contributed by atoms with E-state index in [1.165, 1.54) is 12.3 Å². The Balaban J connectivity index is 1.33. The standard InChI is InChI=1S/C23H17N5O4/c29-22(30)19-12-17(8-10-24-19)31-16-6-7-18-21(13-16)32-23(27-18)25-14-15-4-1-2-5-20(15)28-11-3-9-26-28/h1-13H,14H2,(H,25,27)(H,29,30). The van der Waals surface area contributed by atoms with Crippen LogP contribution in [-0.4, -0.2) is 30.8 Å². The highest BCUT2D eigenvalue weighted by molar-refractivity contribution is 5.85. The molecule has 3 heterocycles. The number of aromatic nitrogens is 4. The topological polar surface area (TPSA) is 115 Å². The number of ether oxygens (including phenoxy) is 1. The molecule has 0 spiro atoms. The molecule has 0 saturated heterocycles. The van der Waals surface area contributed by atoms with Gasteiger partial charge in [0.15, 0.2) is 11.3 Å². The fraction of sp³-hybridized carbons (Fsp3) is 0.0435. The third kappa shape index (κ3) is 3.99. The van der Waals surface area contributed by atoms with Crippen molar-refractivity contribution in [3.63, 3.8) is 0 Å². The number of rotatable bonds is 7. The molecule has 0 saturated carbocycles. The van der Waals surface area contributed by atoms with E-state index in [-0.39, 0.29) is 5.69 Å². The van der Waals surface area contributed by atoms with Gasteiger partial charge < -0.3 is 19.6 Å². The predicted octanol–water partition coefficient (Wildman–Crippen LogP) is 4.51. The van der Waals surface area contributed by atoms with Gasteiger partial charge in [-0.2, -0.15) is 10.1 Å². The molecular formula is C23H17N5O4. The molecule has 0 radical (unpaired) electrons. The SMILES string of the molecule is O=C(O)c1cc(Oc2ccc3nc(NCc4ccccc4-n4cccn4)oc3c2)ccn1. The second-order valence-electron chi connectivity index (χ2n) is 6.87. The van der Waals surface area contributed by atoms with Gasteiger partial charge in [0, 0.05) is 37.3 Å². The van der Waals surface area contributed by atoms with E-state index in [0.717, 1.165) is 11.3 Å². The molecule has 0 fully saturated rings. The van der Waals surface area contributed by atoms with Crippen molar-refractivity contribution in [1.82, 2.24) is 19.7 Å². The van der Waals surface area contributed by atoms with Gasteiger partial charge in [-0.15, -0.1) is 0 Å². The summed E-state index contributed by atoms with van der Waals surface area (Å²) in [4.78, 5) is 19.3. The van der Waals surface area contributed by atoms with Crippen molar-refractivity contribution in [2.45, 2.75) is 6.54 Å². The molecule has 3 aromatic heterocycles. The van der Waals surface area contributed by atoms with Gasteiger partial charge in [-0.05, 0) is 35.9 Å². The Labute approximate surface area is 181 Å². The van der Waals surface area contributed by atoms with Gasteiger partial charge in [0.1, 0.15) is 17.0 Å². The monoisotopic (exact) mass is 427 g/mol. The number of fused-ring (bicyclic) bond motifs is 1. The largest absolute Gasteiger partial charge is 0.477 e. The van der Waals surface area contributed by atoms with E-state index < -0.39 is 5.97 Å². The number of benzene rings is 2. The van der Waals surface area contributed by atoms with Crippen LogP contribution in [0.25, 0.3) is 16.8 Å². The number of para-hydroxylation sites is 1. The summed E-state index contributed by atoms with van der Waals surface area (Å²) in [5.41, 5.74) is 3.12. The highest BCUT2D eigenvalue weighted by Crippen LogP contribution is 2.28. The zero-order valence-corrected chi connectivity index (χ0v) is 16.7. The molecule has 0 aliphatic carbocycles. The Morgan fingerprint density at radius 3 is 2.78 bits per heavy atom. The van der Waals surface area contributed by atoms with E-state index in [4.69, 9.17) is 14.3 Å². The average molecular weight is 427 g/mol. The molecule has 9 nitrogen and oxygen atoms in total. The molecule has 2 aromatic carbocycles. The molecule has 5 aromatic rings. The van der Waals surface area contributed by atoms with E-state index in [1.807, 2.05) is 41.2 Å². The second-order valence-corrected chi connectivity index (χ2v) is 6.87. The summed E-state index contributed by atoms with van der Waals surface area (Å²) in [6.07, 6.45) is 5.01. The molecule has 5 rings (SSSR count). The molecule has 0 unspecified atom stereocenters. The van der Waals surface area contributed by atoms with Crippen molar-refractivity contribution in [2.24, 2.45) is 0 Å². The fourth-order valence-corrected chi connectivity index (χ4v) is 3.24. The summed E-state index contributed by atoms with van der Waals surface area (Å²) < 4.78 is 13.4. The molecular weight excluding hydrogens is 410 g/mol. The molecule has 0 bridgehead atoms. The summed E-state index contributed by atoms with van der Waals surface area (Å²) >= 11 is 0. The lowest BCUT2D eigenvalue weighted by molar-refractivity contribution is 0.0690. The van der Waals surface area contributed by atoms with Crippen molar-refractivity contribution >= 4 is 23.1 Å². The first kappa shape index (κ1) is 19.3. The molecule has 0 amide bonds. The van der Waals surface area contributed by atoms with Crippen molar-refractivity contribution in [1.29, 1.82) is 0 Å². The van der Waals surface area contributed by atoms with Crippen LogP contribution in [0.3, 0.4) is 0 Å². The summed E-state index contributed by atoms with van der Waals surface area (Å²) in [5.74, 6) is -0.261. The minimum Gasteiger partial charge on any atom is -0.477 e. The molecule has 0 atom stereocenters. The zero-order valence-electron chi connectivity index (χ0n) is 16.7. The number of nitrogens with zero attached hydrogens (tertiary/aromatic N) is 4. The van der Waals surface area contributed by atoms with Crippen molar-refractivity contribution in [2.75, 3.05) is 5.32 Å². The van der Waals surface area contributed by atoms with Crippen LogP contribution in [0.15, 0.2) is 83.7 Å². The van der Waals surface area contributed by atoms with Crippen LogP contribution in [0.2, 0.25) is 0 Å². The lowest BCUT2D eigenvalue weighted by Gasteiger charge is -2.09. The molecule has 32 heavy (non-hydrogen) atoms. The van der Waals surface area contributed by atoms with Gasteiger partial charge in [-0.1, -0.05) is 18.2 Å². The van der Waals surface area contributed by atoms with Crippen LogP contribution in [0, 0.1) is 0 Å². The van der Waals surface area contributed by atoms with E-state index in [1.54, 1.807) is 30.5 Å². The first-order valence-corrected chi connectivity index (χ1v) is 9.75. The summed E-state index contributed by atoms with van der Waals surface area (Å²) in [6.45, 7) is 0.501. The number of hydrogen-bond acceptors (Lipinski definition) is 7. The average Bonchev–Trinajstić information content (AvgIpc) is 3.48. The first-order chi connectivity index (χ1) is 15.7. The number of oxazole rings is 1. The Kier molecular flexibility index (Phi) is 4.97. The van der Waals surface area contributed by atoms with Crippen molar-refractivity contribution in [3.8, 4) is 17.2 Å². The van der Waals surface area contributed by atoms with Crippen LogP contribution in [0.5, 0.6) is 11.5 Å². The Bertz CT molecular complexity index is 1390. The maximum absolute atomic E-state index is 11.1. The van der Waals surface area contributed by atoms with Gasteiger partial charge in [-0.25, -0.2) is 14.5 Å². The Morgan fingerprint density at radius 2 is 1.94 bits per heavy atom.